The first-order chi connectivity index (χ1) is 11.6. The highest BCUT2D eigenvalue weighted by atomic mass is 16.5. The number of amides is 1. The molecule has 1 saturated heterocycles. The van der Waals surface area contributed by atoms with Gasteiger partial charge in [-0.05, 0) is 31.0 Å². The summed E-state index contributed by atoms with van der Waals surface area (Å²) in [6.07, 6.45) is 0.984. The van der Waals surface area contributed by atoms with Gasteiger partial charge in [-0.15, -0.1) is 0 Å². The molecule has 0 radical (unpaired) electrons. The Labute approximate surface area is 143 Å². The number of carbonyl (C=O) groups is 1. The van der Waals surface area contributed by atoms with E-state index < -0.39 is 0 Å². The number of carbonyl (C=O) groups excluding carboxylic acids is 1. The third-order valence-electron chi connectivity index (χ3n) is 4.84. The summed E-state index contributed by atoms with van der Waals surface area (Å²) in [7, 11) is 3.18. The number of benzene rings is 2. The third kappa shape index (κ3) is 3.09. The fraction of sp³-hybridized carbons (Fsp3) is 0.350. The molecule has 0 spiro atoms. The van der Waals surface area contributed by atoms with Crippen molar-refractivity contribution in [1.82, 2.24) is 4.90 Å². The molecule has 2 atom stereocenters. The van der Waals surface area contributed by atoms with Gasteiger partial charge in [-0.1, -0.05) is 30.3 Å². The molecule has 1 aliphatic heterocycles. The zero-order valence-electron chi connectivity index (χ0n) is 14.4. The fourth-order valence-electron chi connectivity index (χ4n) is 3.47. The smallest absolute Gasteiger partial charge is 0.254 e. The zero-order chi connectivity index (χ0) is 17.1. The van der Waals surface area contributed by atoms with Crippen LogP contribution in [0.5, 0.6) is 11.5 Å². The lowest BCUT2D eigenvalue weighted by atomic mass is 9.93. The Morgan fingerprint density at radius 3 is 2.25 bits per heavy atom. The van der Waals surface area contributed by atoms with Crippen molar-refractivity contribution in [2.24, 2.45) is 0 Å². The molecule has 0 aromatic heterocycles. The predicted octanol–water partition coefficient (Wildman–Crippen LogP) is 3.72. The van der Waals surface area contributed by atoms with Gasteiger partial charge in [0, 0.05) is 30.1 Å². The molecular formula is C20H23NO3. The van der Waals surface area contributed by atoms with Gasteiger partial charge in [0.1, 0.15) is 11.5 Å². The van der Waals surface area contributed by atoms with E-state index in [-0.39, 0.29) is 11.9 Å². The summed E-state index contributed by atoms with van der Waals surface area (Å²) in [5.74, 6) is 1.66. The van der Waals surface area contributed by atoms with Crippen molar-refractivity contribution in [3.8, 4) is 11.5 Å². The Balaban J connectivity index is 1.83. The minimum Gasteiger partial charge on any atom is -0.497 e. The third-order valence-corrected chi connectivity index (χ3v) is 4.84. The molecule has 1 aliphatic rings. The van der Waals surface area contributed by atoms with E-state index in [1.165, 1.54) is 5.56 Å². The standard InChI is InChI=1S/C20H23NO3/c1-14-19(15-7-5-4-6-8-15)9-10-21(14)20(22)16-11-17(23-2)13-18(12-16)24-3/h4-8,11-14,19H,9-10H2,1-3H3. The second-order valence-corrected chi connectivity index (χ2v) is 6.15. The molecule has 0 bridgehead atoms. The van der Waals surface area contributed by atoms with Crippen LogP contribution in [0.4, 0.5) is 0 Å². The second kappa shape index (κ2) is 6.95. The largest absolute Gasteiger partial charge is 0.497 e. The number of hydrogen-bond donors (Lipinski definition) is 0. The highest BCUT2D eigenvalue weighted by molar-refractivity contribution is 5.95. The average Bonchev–Trinajstić information content (AvgIpc) is 3.02. The summed E-state index contributed by atoms with van der Waals surface area (Å²) in [6.45, 7) is 2.89. The maximum Gasteiger partial charge on any atom is 0.254 e. The first kappa shape index (κ1) is 16.4. The summed E-state index contributed by atoms with van der Waals surface area (Å²) in [4.78, 5) is 14.9. The first-order valence-corrected chi connectivity index (χ1v) is 8.23. The summed E-state index contributed by atoms with van der Waals surface area (Å²) >= 11 is 0. The van der Waals surface area contributed by atoms with E-state index in [9.17, 15) is 4.79 Å². The second-order valence-electron chi connectivity index (χ2n) is 6.15. The van der Waals surface area contributed by atoms with Crippen LogP contribution >= 0.6 is 0 Å². The van der Waals surface area contributed by atoms with Crippen LogP contribution < -0.4 is 9.47 Å². The molecular weight excluding hydrogens is 302 g/mol. The Morgan fingerprint density at radius 2 is 1.67 bits per heavy atom. The lowest BCUT2D eigenvalue weighted by molar-refractivity contribution is 0.0741. The lowest BCUT2D eigenvalue weighted by Crippen LogP contribution is -2.35. The first-order valence-electron chi connectivity index (χ1n) is 8.23. The fourth-order valence-corrected chi connectivity index (χ4v) is 3.47. The van der Waals surface area contributed by atoms with Crippen molar-refractivity contribution < 1.29 is 14.3 Å². The Bertz CT molecular complexity index is 692. The molecule has 2 aromatic rings. The van der Waals surface area contributed by atoms with Crippen molar-refractivity contribution in [3.63, 3.8) is 0 Å². The van der Waals surface area contributed by atoms with Gasteiger partial charge in [-0.3, -0.25) is 4.79 Å². The molecule has 2 aromatic carbocycles. The van der Waals surface area contributed by atoms with Crippen molar-refractivity contribution in [2.45, 2.75) is 25.3 Å². The molecule has 0 aliphatic carbocycles. The van der Waals surface area contributed by atoms with Gasteiger partial charge >= 0.3 is 0 Å². The molecule has 3 rings (SSSR count). The van der Waals surface area contributed by atoms with Crippen molar-refractivity contribution in [2.75, 3.05) is 20.8 Å². The van der Waals surface area contributed by atoms with Crippen LogP contribution in [0.15, 0.2) is 48.5 Å². The molecule has 0 saturated carbocycles. The van der Waals surface area contributed by atoms with Crippen LogP contribution in [0.3, 0.4) is 0 Å². The maximum atomic E-state index is 13.0. The van der Waals surface area contributed by atoms with Crippen LogP contribution in [0.2, 0.25) is 0 Å². The van der Waals surface area contributed by atoms with E-state index in [1.54, 1.807) is 32.4 Å². The van der Waals surface area contributed by atoms with E-state index in [1.807, 2.05) is 11.0 Å². The highest BCUT2D eigenvalue weighted by Gasteiger charge is 2.35. The number of rotatable bonds is 4. The molecule has 0 N–H and O–H groups in total. The normalized spacial score (nSPS) is 20.0. The average molecular weight is 325 g/mol. The van der Waals surface area contributed by atoms with Gasteiger partial charge in [-0.25, -0.2) is 0 Å². The van der Waals surface area contributed by atoms with Gasteiger partial charge in [0.05, 0.1) is 14.2 Å². The van der Waals surface area contributed by atoms with E-state index in [0.717, 1.165) is 13.0 Å². The topological polar surface area (TPSA) is 38.8 Å². The number of methoxy groups -OCH3 is 2. The van der Waals surface area contributed by atoms with Crippen LogP contribution in [0.1, 0.15) is 35.2 Å². The molecule has 2 unspecified atom stereocenters. The maximum absolute atomic E-state index is 13.0. The molecule has 126 valence electrons. The summed E-state index contributed by atoms with van der Waals surface area (Å²) in [5.41, 5.74) is 1.90. The summed E-state index contributed by atoms with van der Waals surface area (Å²) in [6, 6.07) is 15.9. The minimum atomic E-state index is 0.0260. The Hall–Kier alpha value is -2.49. The minimum absolute atomic E-state index is 0.0260. The van der Waals surface area contributed by atoms with Crippen LogP contribution in [-0.4, -0.2) is 37.6 Å². The van der Waals surface area contributed by atoms with E-state index in [2.05, 4.69) is 31.2 Å². The van der Waals surface area contributed by atoms with Gasteiger partial charge < -0.3 is 14.4 Å². The van der Waals surface area contributed by atoms with Gasteiger partial charge in [0.15, 0.2) is 0 Å². The van der Waals surface area contributed by atoms with E-state index >= 15 is 0 Å². The Kier molecular flexibility index (Phi) is 4.74. The van der Waals surface area contributed by atoms with Crippen molar-refractivity contribution >= 4 is 5.91 Å². The molecule has 1 fully saturated rings. The highest BCUT2D eigenvalue weighted by Crippen LogP contribution is 2.34. The van der Waals surface area contributed by atoms with Crippen LogP contribution in [0, 0.1) is 0 Å². The summed E-state index contributed by atoms with van der Waals surface area (Å²) < 4.78 is 10.6. The van der Waals surface area contributed by atoms with Gasteiger partial charge in [-0.2, -0.15) is 0 Å². The van der Waals surface area contributed by atoms with Crippen LogP contribution in [0.25, 0.3) is 0 Å². The van der Waals surface area contributed by atoms with Crippen molar-refractivity contribution in [1.29, 1.82) is 0 Å². The molecule has 4 nitrogen and oxygen atoms in total. The lowest BCUT2D eigenvalue weighted by Gasteiger charge is -2.25. The van der Waals surface area contributed by atoms with Crippen molar-refractivity contribution in [3.05, 3.63) is 59.7 Å². The van der Waals surface area contributed by atoms with Gasteiger partial charge in [0.25, 0.3) is 5.91 Å². The molecule has 24 heavy (non-hydrogen) atoms. The SMILES string of the molecule is COc1cc(OC)cc(C(=O)N2CCC(c3ccccc3)C2C)c1. The molecule has 1 heterocycles. The van der Waals surface area contributed by atoms with Crippen LogP contribution in [-0.2, 0) is 0 Å². The predicted molar refractivity (Wildman–Crippen MR) is 93.8 cm³/mol. The number of hydrogen-bond acceptors (Lipinski definition) is 3. The quantitative estimate of drug-likeness (QED) is 0.860. The van der Waals surface area contributed by atoms with E-state index in [4.69, 9.17) is 9.47 Å². The number of ether oxygens (including phenoxy) is 2. The van der Waals surface area contributed by atoms with Gasteiger partial charge in [0.2, 0.25) is 0 Å². The number of likely N-dealkylation sites (tertiary alicyclic amines) is 1. The molecule has 1 amide bonds. The number of nitrogens with zero attached hydrogens (tertiary/aromatic N) is 1. The Morgan fingerprint density at radius 1 is 1.04 bits per heavy atom. The molecule has 4 heteroatoms. The summed E-state index contributed by atoms with van der Waals surface area (Å²) in [5, 5.41) is 0. The zero-order valence-corrected chi connectivity index (χ0v) is 14.4. The van der Waals surface area contributed by atoms with E-state index in [0.29, 0.717) is 23.0 Å². The monoisotopic (exact) mass is 325 g/mol.